The molecule has 0 bridgehead atoms. The van der Waals surface area contributed by atoms with Crippen molar-refractivity contribution in [3.63, 3.8) is 0 Å². The van der Waals surface area contributed by atoms with Gasteiger partial charge in [0, 0.05) is 8.96 Å². The lowest BCUT2D eigenvalue weighted by Gasteiger charge is -2.04. The zero-order valence-electron chi connectivity index (χ0n) is 7.82. The standard InChI is InChI=1S/C10H6INO4/c11-4-1-2-5-6(3-4)9(14)12-7(8(5)13)10(15)16/h1-3,13H,(H,12,14)(H,15,16). The Balaban J connectivity index is 2.96. The van der Waals surface area contributed by atoms with E-state index in [1.165, 1.54) is 6.07 Å². The minimum absolute atomic E-state index is 0.238. The van der Waals surface area contributed by atoms with E-state index in [1.54, 1.807) is 12.1 Å². The van der Waals surface area contributed by atoms with E-state index in [0.29, 0.717) is 0 Å². The van der Waals surface area contributed by atoms with Crippen LogP contribution in [0.5, 0.6) is 5.75 Å². The second-order valence-corrected chi connectivity index (χ2v) is 4.42. The second kappa shape index (κ2) is 3.78. The van der Waals surface area contributed by atoms with Crippen molar-refractivity contribution in [2.75, 3.05) is 0 Å². The molecule has 0 spiro atoms. The SMILES string of the molecule is O=C(O)c1[nH]c(=O)c2cc(I)ccc2c1O. The molecule has 0 atom stereocenters. The third kappa shape index (κ3) is 1.64. The van der Waals surface area contributed by atoms with Gasteiger partial charge in [-0.15, -0.1) is 0 Å². The highest BCUT2D eigenvalue weighted by Gasteiger charge is 2.15. The van der Waals surface area contributed by atoms with Crippen molar-refractivity contribution in [2.45, 2.75) is 0 Å². The van der Waals surface area contributed by atoms with Crippen LogP contribution < -0.4 is 5.56 Å². The van der Waals surface area contributed by atoms with E-state index in [4.69, 9.17) is 5.11 Å². The molecule has 16 heavy (non-hydrogen) atoms. The van der Waals surface area contributed by atoms with E-state index < -0.39 is 23.0 Å². The number of carboxylic acids is 1. The Bertz CT molecular complexity index is 647. The van der Waals surface area contributed by atoms with Crippen molar-refractivity contribution in [1.82, 2.24) is 4.98 Å². The number of carbonyl (C=O) groups is 1. The number of carboxylic acid groups (broad SMARTS) is 1. The van der Waals surface area contributed by atoms with Crippen LogP contribution in [0, 0.1) is 3.57 Å². The van der Waals surface area contributed by atoms with Gasteiger partial charge in [0.1, 0.15) is 0 Å². The first kappa shape index (κ1) is 10.9. The van der Waals surface area contributed by atoms with Gasteiger partial charge in [-0.3, -0.25) is 4.79 Å². The lowest BCUT2D eigenvalue weighted by Crippen LogP contribution is -2.13. The third-order valence-electron chi connectivity index (χ3n) is 2.17. The lowest BCUT2D eigenvalue weighted by atomic mass is 10.1. The monoisotopic (exact) mass is 331 g/mol. The fourth-order valence-electron chi connectivity index (χ4n) is 1.44. The predicted molar refractivity (Wildman–Crippen MR) is 65.9 cm³/mol. The number of pyridine rings is 1. The molecule has 0 aliphatic heterocycles. The number of aromatic carboxylic acids is 1. The van der Waals surface area contributed by atoms with Crippen molar-refractivity contribution >= 4 is 39.3 Å². The smallest absolute Gasteiger partial charge is 0.356 e. The summed E-state index contributed by atoms with van der Waals surface area (Å²) in [5, 5.41) is 19.0. The zero-order chi connectivity index (χ0) is 11.9. The highest BCUT2D eigenvalue weighted by molar-refractivity contribution is 14.1. The van der Waals surface area contributed by atoms with Crippen LogP contribution in [0.25, 0.3) is 10.8 Å². The van der Waals surface area contributed by atoms with Crippen LogP contribution >= 0.6 is 22.6 Å². The Kier molecular flexibility index (Phi) is 2.58. The molecule has 2 aromatic rings. The minimum atomic E-state index is -1.37. The van der Waals surface area contributed by atoms with Crippen LogP contribution in [0.2, 0.25) is 0 Å². The molecular formula is C10H6INO4. The van der Waals surface area contributed by atoms with Crippen LogP contribution in [-0.4, -0.2) is 21.2 Å². The van der Waals surface area contributed by atoms with Crippen molar-refractivity contribution < 1.29 is 15.0 Å². The average molecular weight is 331 g/mol. The molecule has 1 heterocycles. The number of H-pyrrole nitrogens is 1. The van der Waals surface area contributed by atoms with Gasteiger partial charge in [0.05, 0.1) is 5.39 Å². The highest BCUT2D eigenvalue weighted by atomic mass is 127. The van der Waals surface area contributed by atoms with Gasteiger partial charge < -0.3 is 15.2 Å². The van der Waals surface area contributed by atoms with E-state index in [1.807, 2.05) is 22.6 Å². The maximum Gasteiger partial charge on any atom is 0.356 e. The summed E-state index contributed by atoms with van der Waals surface area (Å²) in [5.41, 5.74) is -1.01. The maximum atomic E-state index is 11.6. The number of aromatic hydroxyl groups is 1. The number of hydrogen-bond acceptors (Lipinski definition) is 3. The van der Waals surface area contributed by atoms with Crippen LogP contribution in [0.1, 0.15) is 10.5 Å². The molecule has 0 saturated carbocycles. The summed E-state index contributed by atoms with van der Waals surface area (Å²) in [6.07, 6.45) is 0. The summed E-state index contributed by atoms with van der Waals surface area (Å²) in [5.74, 6) is -1.78. The molecule has 2 rings (SSSR count). The summed E-state index contributed by atoms with van der Waals surface area (Å²) in [6.45, 7) is 0. The van der Waals surface area contributed by atoms with Crippen LogP contribution in [0.3, 0.4) is 0 Å². The van der Waals surface area contributed by atoms with Gasteiger partial charge >= 0.3 is 5.97 Å². The molecule has 6 heteroatoms. The number of fused-ring (bicyclic) bond motifs is 1. The molecule has 0 saturated heterocycles. The number of benzene rings is 1. The first-order chi connectivity index (χ1) is 7.50. The van der Waals surface area contributed by atoms with Crippen molar-refractivity contribution in [1.29, 1.82) is 0 Å². The predicted octanol–water partition coefficient (Wildman–Crippen LogP) is 1.54. The molecule has 0 amide bonds. The molecule has 3 N–H and O–H groups in total. The first-order valence-electron chi connectivity index (χ1n) is 4.28. The molecule has 1 aromatic heterocycles. The Labute approximate surface area is 103 Å². The number of rotatable bonds is 1. The molecule has 0 fully saturated rings. The molecule has 0 unspecified atom stereocenters. The number of aromatic amines is 1. The average Bonchev–Trinajstić information content (AvgIpc) is 2.22. The Morgan fingerprint density at radius 1 is 1.31 bits per heavy atom. The van der Waals surface area contributed by atoms with Crippen LogP contribution in [0.4, 0.5) is 0 Å². The number of aromatic nitrogens is 1. The van der Waals surface area contributed by atoms with E-state index >= 15 is 0 Å². The van der Waals surface area contributed by atoms with Gasteiger partial charge in [-0.05, 0) is 40.8 Å². The summed E-state index contributed by atoms with van der Waals surface area (Å²) in [4.78, 5) is 24.5. The number of nitrogens with one attached hydrogen (secondary N) is 1. The van der Waals surface area contributed by atoms with Crippen LogP contribution in [0.15, 0.2) is 23.0 Å². The lowest BCUT2D eigenvalue weighted by molar-refractivity contribution is 0.0687. The number of hydrogen-bond donors (Lipinski definition) is 3. The summed E-state index contributed by atoms with van der Waals surface area (Å²) in [7, 11) is 0. The summed E-state index contributed by atoms with van der Waals surface area (Å²) < 4.78 is 0.832. The topological polar surface area (TPSA) is 90.4 Å². The van der Waals surface area contributed by atoms with E-state index in [9.17, 15) is 14.7 Å². The zero-order valence-corrected chi connectivity index (χ0v) is 9.98. The van der Waals surface area contributed by atoms with Gasteiger partial charge in [-0.2, -0.15) is 0 Å². The minimum Gasteiger partial charge on any atom is -0.505 e. The number of halogens is 1. The molecule has 0 aliphatic carbocycles. The van der Waals surface area contributed by atoms with Crippen LogP contribution in [-0.2, 0) is 0 Å². The van der Waals surface area contributed by atoms with E-state index in [0.717, 1.165) is 3.57 Å². The van der Waals surface area contributed by atoms with Gasteiger partial charge in [-0.25, -0.2) is 4.79 Å². The largest absolute Gasteiger partial charge is 0.505 e. The normalized spacial score (nSPS) is 10.6. The fourth-order valence-corrected chi connectivity index (χ4v) is 1.93. The molecule has 5 nitrogen and oxygen atoms in total. The summed E-state index contributed by atoms with van der Waals surface area (Å²) in [6, 6.07) is 4.79. The van der Waals surface area contributed by atoms with E-state index in [-0.39, 0.29) is 10.8 Å². The van der Waals surface area contributed by atoms with Gasteiger partial charge in [0.25, 0.3) is 5.56 Å². The molecule has 1 aromatic carbocycles. The Morgan fingerprint density at radius 2 is 2.00 bits per heavy atom. The second-order valence-electron chi connectivity index (χ2n) is 3.17. The molecule has 0 radical (unpaired) electrons. The molecular weight excluding hydrogens is 325 g/mol. The van der Waals surface area contributed by atoms with Gasteiger partial charge in [0.2, 0.25) is 0 Å². The van der Waals surface area contributed by atoms with Crippen molar-refractivity contribution in [2.24, 2.45) is 0 Å². The summed E-state index contributed by atoms with van der Waals surface area (Å²) >= 11 is 2.03. The maximum absolute atomic E-state index is 11.6. The quantitative estimate of drug-likeness (QED) is 0.692. The molecule has 0 aliphatic rings. The first-order valence-corrected chi connectivity index (χ1v) is 5.36. The third-order valence-corrected chi connectivity index (χ3v) is 2.84. The van der Waals surface area contributed by atoms with Gasteiger partial charge in [0.15, 0.2) is 11.4 Å². The highest BCUT2D eigenvalue weighted by Crippen LogP contribution is 2.25. The Morgan fingerprint density at radius 3 is 2.62 bits per heavy atom. The van der Waals surface area contributed by atoms with Gasteiger partial charge in [-0.1, -0.05) is 0 Å². The fraction of sp³-hybridized carbons (Fsp3) is 0. The molecule has 82 valence electrons. The Hall–Kier alpha value is -1.57. The van der Waals surface area contributed by atoms with E-state index in [2.05, 4.69) is 4.98 Å². The van der Waals surface area contributed by atoms with Crippen molar-refractivity contribution in [3.8, 4) is 5.75 Å². The van der Waals surface area contributed by atoms with Crippen molar-refractivity contribution in [3.05, 3.63) is 37.8 Å².